The van der Waals surface area contributed by atoms with Crippen LogP contribution in [-0.4, -0.2) is 71.6 Å². The highest BCUT2D eigenvalue weighted by Crippen LogP contribution is 2.41. The van der Waals surface area contributed by atoms with Crippen molar-refractivity contribution < 1.29 is 38.1 Å². The quantitative estimate of drug-likeness (QED) is 0.0406. The van der Waals surface area contributed by atoms with E-state index in [1.54, 1.807) is 48.5 Å². The highest BCUT2D eigenvalue weighted by atomic mass is 16.6. The van der Waals surface area contributed by atoms with E-state index in [2.05, 4.69) is 152 Å². The molecule has 2 heterocycles. The monoisotopic (exact) mass is 1620 g/mol. The number of esters is 4. The minimum atomic E-state index is -0.301. The Kier molecular flexibility index (Phi) is 28.0. The Morgan fingerprint density at radius 3 is 0.590 bits per heavy atom. The van der Waals surface area contributed by atoms with Crippen LogP contribution in [0.15, 0.2) is 226 Å². The van der Waals surface area contributed by atoms with Crippen molar-refractivity contribution in [1.29, 1.82) is 0 Å². The first-order chi connectivity index (χ1) is 58.9. The second-order valence-corrected chi connectivity index (χ2v) is 35.7. The minimum absolute atomic E-state index is 0.0906. The lowest BCUT2D eigenvalue weighted by Crippen LogP contribution is -2.35. The number of benzene rings is 8. The van der Waals surface area contributed by atoms with Crippen molar-refractivity contribution in [3.63, 3.8) is 0 Å². The summed E-state index contributed by atoms with van der Waals surface area (Å²) in [4.78, 5) is 74.1. The summed E-state index contributed by atoms with van der Waals surface area (Å²) in [7, 11) is 0. The van der Waals surface area contributed by atoms with E-state index in [1.807, 2.05) is 146 Å². The molecule has 14 rings (SSSR count). The molecule has 0 saturated heterocycles. The lowest BCUT2D eigenvalue weighted by Gasteiger charge is -2.36. The van der Waals surface area contributed by atoms with Crippen LogP contribution in [0, 0.1) is 118 Å². The fourth-order valence-corrected chi connectivity index (χ4v) is 17.5. The van der Waals surface area contributed by atoms with E-state index in [0.717, 1.165) is 122 Å². The number of hydrogen-bond acceptors (Lipinski definition) is 16. The third-order valence-electron chi connectivity index (χ3n) is 24.9. The van der Waals surface area contributed by atoms with Gasteiger partial charge in [-0.1, -0.05) is 156 Å². The van der Waals surface area contributed by atoms with Gasteiger partial charge in [0.2, 0.25) is 11.6 Å². The van der Waals surface area contributed by atoms with Crippen LogP contribution < -0.4 is 21.3 Å². The van der Waals surface area contributed by atoms with Gasteiger partial charge in [-0.05, 0) is 317 Å². The molecule has 122 heavy (non-hydrogen) atoms. The zero-order valence-electron chi connectivity index (χ0n) is 72.3. The van der Waals surface area contributed by atoms with Gasteiger partial charge in [-0.25, -0.2) is 39.1 Å². The van der Waals surface area contributed by atoms with Crippen LogP contribution in [0.5, 0.6) is 0 Å². The number of rotatable bonds is 16. The van der Waals surface area contributed by atoms with E-state index in [9.17, 15) is 19.2 Å². The number of nitrogens with one attached hydrogen (secondary N) is 4. The summed E-state index contributed by atoms with van der Waals surface area (Å²) >= 11 is 0. The second kappa shape index (κ2) is 39.8. The first kappa shape index (κ1) is 85.9. The first-order valence-corrected chi connectivity index (χ1v) is 43.8. The van der Waals surface area contributed by atoms with E-state index in [0.29, 0.717) is 139 Å². The Morgan fingerprint density at radius 1 is 0.262 bits per heavy atom. The van der Waals surface area contributed by atoms with Crippen LogP contribution in [0.25, 0.3) is 0 Å². The molecule has 8 aromatic carbocycles. The third-order valence-corrected chi connectivity index (χ3v) is 24.9. The molecule has 12 unspecified atom stereocenters. The van der Waals surface area contributed by atoms with Gasteiger partial charge in [0.15, 0.2) is 23.3 Å². The van der Waals surface area contributed by atoms with Gasteiger partial charge in [0.05, 0.1) is 22.3 Å². The normalized spacial score (nSPS) is 22.4. The highest BCUT2D eigenvalue weighted by Gasteiger charge is 2.38. The predicted octanol–water partition coefficient (Wildman–Crippen LogP) is 22.3. The molecular formula is C106H112N8O8. The van der Waals surface area contributed by atoms with Crippen LogP contribution in [0.1, 0.15) is 246 Å². The third kappa shape index (κ3) is 22.8. The van der Waals surface area contributed by atoms with E-state index >= 15 is 0 Å². The molecule has 16 nitrogen and oxygen atoms in total. The molecule has 0 radical (unpaired) electrons. The van der Waals surface area contributed by atoms with E-state index < -0.39 is 0 Å². The van der Waals surface area contributed by atoms with Crippen molar-refractivity contribution in [3.05, 3.63) is 273 Å². The molecule has 6 aliphatic rings. The molecule has 16 heteroatoms. The molecule has 4 fully saturated rings. The van der Waals surface area contributed by atoms with Gasteiger partial charge >= 0.3 is 23.9 Å². The van der Waals surface area contributed by atoms with Crippen molar-refractivity contribution in [2.45, 2.75) is 185 Å². The van der Waals surface area contributed by atoms with Crippen LogP contribution >= 0.6 is 0 Å². The van der Waals surface area contributed by atoms with E-state index in [1.165, 1.54) is 0 Å². The fourth-order valence-electron chi connectivity index (χ4n) is 17.5. The van der Waals surface area contributed by atoms with Crippen molar-refractivity contribution in [1.82, 2.24) is 0 Å². The predicted molar refractivity (Wildman–Crippen MR) is 489 cm³/mol. The minimum Gasteiger partial charge on any atom is -0.458 e. The molecule has 12 atom stereocenters. The molecule has 2 aliphatic heterocycles. The molecule has 624 valence electrons. The summed E-state index contributed by atoms with van der Waals surface area (Å²) in [6.45, 7) is 26.6. The smallest absolute Gasteiger partial charge is 0.338 e. The zero-order valence-corrected chi connectivity index (χ0v) is 72.3. The van der Waals surface area contributed by atoms with Gasteiger partial charge in [-0.3, -0.25) is 0 Å². The fraction of sp³-hybridized carbons (Fsp3) is 0.377. The summed E-state index contributed by atoms with van der Waals surface area (Å²) in [5, 5.41) is 14.0. The van der Waals surface area contributed by atoms with Crippen LogP contribution in [0.4, 0.5) is 22.7 Å². The number of ether oxygens (including phenoxy) is 4. The maximum atomic E-state index is 13.4. The maximum absolute atomic E-state index is 13.4. The number of amidine groups is 4. The Labute approximate surface area is 720 Å². The Hall–Kier alpha value is -12.5. The number of anilines is 4. The molecule has 4 saturated carbocycles. The topological polar surface area (TPSA) is 203 Å². The van der Waals surface area contributed by atoms with Gasteiger partial charge in [-0.15, -0.1) is 0 Å². The molecular weight excluding hydrogens is 1510 g/mol. The van der Waals surface area contributed by atoms with Crippen LogP contribution in [-0.2, 0) is 18.9 Å². The lowest BCUT2D eigenvalue weighted by molar-refractivity contribution is -0.0181. The van der Waals surface area contributed by atoms with Gasteiger partial charge < -0.3 is 40.2 Å². The lowest BCUT2D eigenvalue weighted by atomic mass is 9.75. The summed E-state index contributed by atoms with van der Waals surface area (Å²) in [6, 6.07) is 60.0. The summed E-state index contributed by atoms with van der Waals surface area (Å²) in [5.41, 5.74) is 11.0. The van der Waals surface area contributed by atoms with Crippen molar-refractivity contribution >= 4 is 70.0 Å². The van der Waals surface area contributed by atoms with Crippen molar-refractivity contribution in [3.8, 4) is 47.4 Å². The van der Waals surface area contributed by atoms with Gasteiger partial charge in [-0.2, -0.15) is 0 Å². The Morgan fingerprint density at radius 2 is 0.426 bits per heavy atom. The summed E-state index contributed by atoms with van der Waals surface area (Å²) in [6.07, 6.45) is 12.1. The molecule has 0 amide bonds. The van der Waals surface area contributed by atoms with E-state index in [-0.39, 0.29) is 59.9 Å². The number of nitrogens with zero attached hydrogens (tertiary/aromatic N) is 4. The zero-order chi connectivity index (χ0) is 85.5. The number of hydrogen-bond donors (Lipinski definition) is 4. The van der Waals surface area contributed by atoms with Crippen molar-refractivity contribution in [2.24, 2.45) is 91.0 Å². The first-order valence-electron chi connectivity index (χ1n) is 43.8. The van der Waals surface area contributed by atoms with Gasteiger partial charge in [0.25, 0.3) is 0 Å². The largest absolute Gasteiger partial charge is 0.458 e. The second-order valence-electron chi connectivity index (χ2n) is 35.7. The highest BCUT2D eigenvalue weighted by molar-refractivity contribution is 6.51. The summed E-state index contributed by atoms with van der Waals surface area (Å²) in [5.74, 6) is 32.3. The number of aliphatic imine (C=N–C) groups is 4. The Balaban J connectivity index is 0.716. The van der Waals surface area contributed by atoms with E-state index in [4.69, 9.17) is 38.9 Å². The maximum Gasteiger partial charge on any atom is 0.338 e. The molecule has 4 aliphatic carbocycles. The van der Waals surface area contributed by atoms with Crippen LogP contribution in [0.3, 0.4) is 0 Å². The van der Waals surface area contributed by atoms with Gasteiger partial charge in [0.1, 0.15) is 24.4 Å². The SMILES string of the molecule is CC1CCC(C(C)C)C(OC(=O)c2ccc(C#Cc3ccc(NC4=NC(=C5N=C(Nc6ccc(C#Cc7ccc(C(=O)OC8CC(C)CCC8C(C)C)cc7)cc6)C(Nc6ccc(C#Cc7ccc(C(=O)OC8CC(C)CCC8C(C)C)cc7)cc6)=N5)N=C4Nc4ccc(C#Cc5ccc(C(=O)OC6CC(C)CCC6C(C)C)cc5)cc4)cc3)cc2)C1. The van der Waals surface area contributed by atoms with Gasteiger partial charge in [0, 0.05) is 67.3 Å². The molecule has 0 bridgehead atoms. The average molecular weight is 1630 g/mol. The summed E-state index contributed by atoms with van der Waals surface area (Å²) < 4.78 is 24.6. The van der Waals surface area contributed by atoms with Crippen LogP contribution in [0.2, 0.25) is 0 Å². The molecule has 8 aromatic rings. The number of carbonyl (C=O) groups is 4. The molecule has 0 spiro atoms. The standard InChI is InChI=1S/C106H112N8O8/c1-65(2)89-57-13-69(9)61-93(89)119-103(115)81-41-25-73(26-42-81)17-21-77-33-49-85(50-34-77)107-97-98(108-86-51-35-78(36-52-86)22-18-74-27-43-82(44-28-74)104(116)120-94-62-70(10)14-58-90(94)66(3)4)112-101(111-97)102-113-99(109-87-53-37-79(38-54-87)23-19-75-29-45-83(46-30-75)105(117)121-95-63-71(11)15-59-91(95)67(5)6)100(114-102)110-88-55-39-80(40-56-88)24-20-76-31-47-84(48-32-76)106(118)122-96-64-72(12)16-60-92(96)68(7)8/h25-56,65-72,89-96H,13-16,57-64H2,1-12H3,(H,107,111)(H,108,112)(H,109,113)(H,110,114). The number of carbonyl (C=O) groups excluding carboxylic acids is 4. The van der Waals surface area contributed by atoms with Crippen molar-refractivity contribution in [2.75, 3.05) is 21.3 Å². The molecule has 0 aromatic heterocycles. The Bertz CT molecular complexity index is 4840. The average Bonchev–Trinajstić information content (AvgIpc) is 1.64. The molecule has 4 N–H and O–H groups in total.